The summed E-state index contributed by atoms with van der Waals surface area (Å²) in [5.41, 5.74) is 2.93. The molecule has 0 radical (unpaired) electrons. The van der Waals surface area contributed by atoms with E-state index in [1.807, 2.05) is 32.8 Å². The highest BCUT2D eigenvalue weighted by molar-refractivity contribution is 7.22. The summed E-state index contributed by atoms with van der Waals surface area (Å²) in [5.74, 6) is -0.399. The molecule has 0 spiro atoms. The van der Waals surface area contributed by atoms with Crippen LogP contribution in [-0.4, -0.2) is 47.9 Å². The maximum atomic E-state index is 13.3. The largest absolute Gasteiger partial charge is 0.309 e. The Morgan fingerprint density at radius 2 is 1.90 bits per heavy atom. The number of aromatic nitrogens is 1. The van der Waals surface area contributed by atoms with Crippen molar-refractivity contribution in [1.82, 2.24) is 9.88 Å². The number of hydrogen-bond donors (Lipinski definition) is 0. The lowest BCUT2D eigenvalue weighted by atomic mass is 10.1. The zero-order chi connectivity index (χ0) is 21.1. The van der Waals surface area contributed by atoms with E-state index in [0.717, 1.165) is 34.3 Å². The van der Waals surface area contributed by atoms with Crippen LogP contribution in [0.25, 0.3) is 10.2 Å². The fourth-order valence-electron chi connectivity index (χ4n) is 3.26. The minimum absolute atomic E-state index is 0.0783. The molecule has 3 aromatic rings. The lowest BCUT2D eigenvalue weighted by Gasteiger charge is -2.21. The van der Waals surface area contributed by atoms with Gasteiger partial charge < -0.3 is 4.90 Å². The van der Waals surface area contributed by atoms with Crippen LogP contribution >= 0.6 is 11.3 Å². The second-order valence-corrected chi connectivity index (χ2v) is 8.32. The molecular formula is C21H24N4O3S. The van der Waals surface area contributed by atoms with Gasteiger partial charge in [-0.2, -0.15) is 0 Å². The number of hydrogen-bond acceptors (Lipinski definition) is 6. The van der Waals surface area contributed by atoms with E-state index in [-0.39, 0.29) is 11.3 Å². The molecule has 1 amide bonds. The molecule has 152 valence electrons. The van der Waals surface area contributed by atoms with Gasteiger partial charge in [-0.1, -0.05) is 29.5 Å². The standard InChI is InChI=1S/C21H24N4O3S/c1-14-12-15(2)19-18(13-14)29-21(22-19)24(11-7-10-23(3)4)20(26)16-8-5-6-9-17(16)25(27)28/h5-6,8-9,12-13H,7,10-11H2,1-4H3. The number of nitro groups is 1. The first-order chi connectivity index (χ1) is 13.8. The van der Waals surface area contributed by atoms with E-state index >= 15 is 0 Å². The maximum absolute atomic E-state index is 13.3. The minimum Gasteiger partial charge on any atom is -0.309 e. The van der Waals surface area contributed by atoms with Gasteiger partial charge in [-0.25, -0.2) is 4.98 Å². The van der Waals surface area contributed by atoms with E-state index in [2.05, 4.69) is 12.1 Å². The van der Waals surface area contributed by atoms with Crippen molar-refractivity contribution >= 4 is 38.3 Å². The second kappa shape index (κ2) is 8.67. The van der Waals surface area contributed by atoms with Crippen molar-refractivity contribution in [2.24, 2.45) is 0 Å². The quantitative estimate of drug-likeness (QED) is 0.424. The summed E-state index contributed by atoms with van der Waals surface area (Å²) in [4.78, 5) is 32.6. The molecule has 0 aliphatic rings. The van der Waals surface area contributed by atoms with Crippen molar-refractivity contribution in [2.45, 2.75) is 20.3 Å². The van der Waals surface area contributed by atoms with Crippen molar-refractivity contribution in [2.75, 3.05) is 32.1 Å². The summed E-state index contributed by atoms with van der Waals surface area (Å²) in [5, 5.41) is 12.0. The fourth-order valence-corrected chi connectivity index (χ4v) is 4.43. The molecule has 29 heavy (non-hydrogen) atoms. The third kappa shape index (κ3) is 4.60. The molecule has 0 saturated heterocycles. The van der Waals surface area contributed by atoms with E-state index < -0.39 is 10.8 Å². The Morgan fingerprint density at radius 1 is 1.17 bits per heavy atom. The molecule has 2 aromatic carbocycles. The first-order valence-corrected chi connectivity index (χ1v) is 10.2. The Balaban J connectivity index is 2.04. The van der Waals surface area contributed by atoms with Crippen LogP contribution in [0.15, 0.2) is 36.4 Å². The number of para-hydroxylation sites is 1. The van der Waals surface area contributed by atoms with Gasteiger partial charge in [0, 0.05) is 12.6 Å². The van der Waals surface area contributed by atoms with Gasteiger partial charge >= 0.3 is 0 Å². The van der Waals surface area contributed by atoms with Crippen molar-refractivity contribution in [3.8, 4) is 0 Å². The highest BCUT2D eigenvalue weighted by atomic mass is 32.1. The molecule has 0 bridgehead atoms. The maximum Gasteiger partial charge on any atom is 0.282 e. The lowest BCUT2D eigenvalue weighted by Crippen LogP contribution is -2.33. The molecule has 0 unspecified atom stereocenters. The summed E-state index contributed by atoms with van der Waals surface area (Å²) in [6, 6.07) is 10.2. The molecule has 0 atom stereocenters. The Hall–Kier alpha value is -2.84. The van der Waals surface area contributed by atoms with Crippen LogP contribution in [0.3, 0.4) is 0 Å². The second-order valence-electron chi connectivity index (χ2n) is 7.31. The van der Waals surface area contributed by atoms with Crippen LogP contribution in [0.4, 0.5) is 10.8 Å². The van der Waals surface area contributed by atoms with Crippen LogP contribution in [0.2, 0.25) is 0 Å². The third-order valence-electron chi connectivity index (χ3n) is 4.61. The molecule has 0 fully saturated rings. The Kier molecular flexibility index (Phi) is 6.24. The molecule has 0 aliphatic carbocycles. The van der Waals surface area contributed by atoms with E-state index in [9.17, 15) is 14.9 Å². The first kappa shape index (κ1) is 20.9. The predicted octanol–water partition coefficient (Wildman–Crippen LogP) is 4.42. The predicted molar refractivity (Wildman–Crippen MR) is 117 cm³/mol. The van der Waals surface area contributed by atoms with Gasteiger partial charge in [0.1, 0.15) is 5.56 Å². The zero-order valence-corrected chi connectivity index (χ0v) is 17.8. The molecule has 7 nitrogen and oxygen atoms in total. The topological polar surface area (TPSA) is 79.6 Å². The monoisotopic (exact) mass is 412 g/mol. The van der Waals surface area contributed by atoms with Crippen molar-refractivity contribution in [3.05, 3.63) is 63.2 Å². The Bertz CT molecular complexity index is 1060. The van der Waals surface area contributed by atoms with Crippen LogP contribution in [0.1, 0.15) is 27.9 Å². The number of thiazole rings is 1. The SMILES string of the molecule is Cc1cc(C)c2nc(N(CCCN(C)C)C(=O)c3ccccc3[N+](=O)[O-])sc2c1. The smallest absolute Gasteiger partial charge is 0.282 e. The van der Waals surface area contributed by atoms with Crippen molar-refractivity contribution < 1.29 is 9.72 Å². The summed E-state index contributed by atoms with van der Waals surface area (Å²) < 4.78 is 1.01. The van der Waals surface area contributed by atoms with Gasteiger partial charge in [-0.05, 0) is 64.2 Å². The van der Waals surface area contributed by atoms with Gasteiger partial charge in [0.2, 0.25) is 0 Å². The molecule has 1 aromatic heterocycles. The number of aryl methyl sites for hydroxylation is 2. The molecule has 1 heterocycles. The van der Waals surface area contributed by atoms with E-state index in [1.165, 1.54) is 23.5 Å². The molecule has 0 saturated carbocycles. The van der Waals surface area contributed by atoms with Crippen LogP contribution < -0.4 is 4.90 Å². The first-order valence-electron chi connectivity index (χ1n) is 9.35. The fraction of sp³-hybridized carbons (Fsp3) is 0.333. The summed E-state index contributed by atoms with van der Waals surface area (Å²) in [6.07, 6.45) is 0.729. The number of rotatable bonds is 7. The van der Waals surface area contributed by atoms with Gasteiger partial charge in [0.25, 0.3) is 11.6 Å². The highest BCUT2D eigenvalue weighted by Crippen LogP contribution is 2.33. The number of nitro benzene ring substituents is 1. The van der Waals surface area contributed by atoms with Crippen LogP contribution in [-0.2, 0) is 0 Å². The Labute approximate surface area is 173 Å². The molecule has 3 rings (SSSR count). The number of amides is 1. The van der Waals surface area contributed by atoms with E-state index in [0.29, 0.717) is 11.7 Å². The van der Waals surface area contributed by atoms with Gasteiger partial charge in [0.15, 0.2) is 5.13 Å². The number of anilines is 1. The summed E-state index contributed by atoms with van der Waals surface area (Å²) in [6.45, 7) is 5.25. The molecule has 0 N–H and O–H groups in total. The van der Waals surface area contributed by atoms with Crippen molar-refractivity contribution in [1.29, 1.82) is 0 Å². The molecule has 0 aliphatic heterocycles. The zero-order valence-electron chi connectivity index (χ0n) is 17.0. The van der Waals surface area contributed by atoms with Crippen molar-refractivity contribution in [3.63, 3.8) is 0 Å². The number of carbonyl (C=O) groups is 1. The van der Waals surface area contributed by atoms with Gasteiger partial charge in [0.05, 0.1) is 15.1 Å². The van der Waals surface area contributed by atoms with Gasteiger partial charge in [-0.15, -0.1) is 0 Å². The average Bonchev–Trinajstić information content (AvgIpc) is 3.08. The third-order valence-corrected chi connectivity index (χ3v) is 5.64. The van der Waals surface area contributed by atoms with Crippen LogP contribution in [0.5, 0.6) is 0 Å². The van der Waals surface area contributed by atoms with E-state index in [4.69, 9.17) is 4.98 Å². The molecule has 8 heteroatoms. The lowest BCUT2D eigenvalue weighted by molar-refractivity contribution is -0.385. The Morgan fingerprint density at radius 3 is 2.59 bits per heavy atom. The number of carbonyl (C=O) groups excluding carboxylic acids is 1. The van der Waals surface area contributed by atoms with E-state index in [1.54, 1.807) is 17.0 Å². The number of nitrogens with zero attached hydrogens (tertiary/aromatic N) is 4. The number of fused-ring (bicyclic) bond motifs is 1. The van der Waals surface area contributed by atoms with Gasteiger partial charge in [-0.3, -0.25) is 19.8 Å². The molecular weight excluding hydrogens is 388 g/mol. The highest BCUT2D eigenvalue weighted by Gasteiger charge is 2.27. The average molecular weight is 413 g/mol. The van der Waals surface area contributed by atoms with Crippen LogP contribution in [0, 0.1) is 24.0 Å². The summed E-state index contributed by atoms with van der Waals surface area (Å²) in [7, 11) is 3.94. The summed E-state index contributed by atoms with van der Waals surface area (Å²) >= 11 is 1.44. The normalized spacial score (nSPS) is 11.2. The minimum atomic E-state index is -0.517. The number of benzene rings is 2.